The first-order valence-electron chi connectivity index (χ1n) is 17.2. The van der Waals surface area contributed by atoms with E-state index in [9.17, 15) is 0 Å². The van der Waals surface area contributed by atoms with Crippen molar-refractivity contribution in [1.29, 1.82) is 0 Å². The summed E-state index contributed by atoms with van der Waals surface area (Å²) >= 11 is 0. The third-order valence-electron chi connectivity index (χ3n) is 10.9. The Bertz CT molecular complexity index is 2120. The molecule has 3 aliphatic carbocycles. The van der Waals surface area contributed by atoms with Gasteiger partial charge in [-0.25, -0.2) is 4.98 Å². The third kappa shape index (κ3) is 4.84. The molecule has 236 valence electrons. The maximum Gasteiger partial charge on any atom is 0.137 e. The van der Waals surface area contributed by atoms with Crippen molar-refractivity contribution in [2.75, 3.05) is 16.5 Å². The summed E-state index contributed by atoms with van der Waals surface area (Å²) in [6, 6.07) is 30.7. The molecule has 1 unspecified atom stereocenters. The van der Waals surface area contributed by atoms with Crippen molar-refractivity contribution in [2.45, 2.75) is 64.3 Å². The summed E-state index contributed by atoms with van der Waals surface area (Å²) in [4.78, 5) is 14.5. The minimum atomic E-state index is 0.0225. The van der Waals surface area contributed by atoms with Gasteiger partial charge in [-0.3, -0.25) is 9.55 Å². The molecule has 0 spiro atoms. The van der Waals surface area contributed by atoms with E-state index in [0.29, 0.717) is 6.04 Å². The fraction of sp³-hybridized carbons (Fsp3) is 0.317. The summed E-state index contributed by atoms with van der Waals surface area (Å²) < 4.78 is 8.90. The van der Waals surface area contributed by atoms with Crippen LogP contribution >= 0.6 is 0 Å². The van der Waals surface area contributed by atoms with Gasteiger partial charge in [0.05, 0.1) is 35.3 Å². The van der Waals surface area contributed by atoms with E-state index < -0.39 is 0 Å². The van der Waals surface area contributed by atoms with Gasteiger partial charge in [0, 0.05) is 47.0 Å². The minimum absolute atomic E-state index is 0.0225. The van der Waals surface area contributed by atoms with Crippen molar-refractivity contribution in [2.24, 2.45) is 11.8 Å². The summed E-state index contributed by atoms with van der Waals surface area (Å²) in [5.41, 5.74) is 7.11. The Morgan fingerprint density at radius 1 is 0.745 bits per heavy atom. The van der Waals surface area contributed by atoms with Crippen molar-refractivity contribution in [3.05, 3.63) is 109 Å². The van der Waals surface area contributed by atoms with Crippen LogP contribution in [-0.2, 0) is 5.41 Å². The van der Waals surface area contributed by atoms with Crippen LogP contribution < -0.4 is 14.5 Å². The molecule has 10 rings (SSSR count). The first kappa shape index (κ1) is 28.4. The number of anilines is 3. The number of ether oxygens (including phenoxy) is 1. The number of para-hydroxylation sites is 1. The molecule has 1 aliphatic heterocycles. The Hall–Kier alpha value is -4.84. The van der Waals surface area contributed by atoms with Gasteiger partial charge in [-0.2, -0.15) is 0 Å². The van der Waals surface area contributed by atoms with Crippen molar-refractivity contribution in [1.82, 2.24) is 14.5 Å². The van der Waals surface area contributed by atoms with Crippen LogP contribution in [0.3, 0.4) is 0 Å². The van der Waals surface area contributed by atoms with E-state index in [2.05, 4.69) is 125 Å². The SMILES string of the molecule is CC(C)(C)c1ccnc(-n2c3ccccc3c3ccc(Oc4cccc(N5CN(C6CC7CCC6CC7)c6ccncc65)c4)cc32)c1. The van der Waals surface area contributed by atoms with Gasteiger partial charge >= 0.3 is 0 Å². The first-order chi connectivity index (χ1) is 22.9. The second-order valence-corrected chi connectivity index (χ2v) is 14.8. The zero-order valence-electron chi connectivity index (χ0n) is 27.4. The number of pyridine rings is 2. The van der Waals surface area contributed by atoms with Crippen LogP contribution in [0.15, 0.2) is 104 Å². The molecule has 0 N–H and O–H groups in total. The molecular formula is C41H41N5O. The van der Waals surface area contributed by atoms with Gasteiger partial charge in [-0.05, 0) is 90.6 Å². The van der Waals surface area contributed by atoms with E-state index in [4.69, 9.17) is 9.72 Å². The number of hydrogen-bond donors (Lipinski definition) is 0. The van der Waals surface area contributed by atoms with Crippen molar-refractivity contribution in [3.8, 4) is 17.3 Å². The highest BCUT2D eigenvalue weighted by molar-refractivity contribution is 6.09. The normalized spacial score (nSPS) is 20.7. The van der Waals surface area contributed by atoms with Gasteiger partial charge in [0.1, 0.15) is 17.3 Å². The number of fused-ring (bicyclic) bond motifs is 7. The Labute approximate surface area is 276 Å². The Kier molecular flexibility index (Phi) is 6.56. The van der Waals surface area contributed by atoms with Crippen LogP contribution in [-0.4, -0.2) is 27.2 Å². The molecule has 6 nitrogen and oxygen atoms in total. The molecule has 0 radical (unpaired) electrons. The number of aromatic nitrogens is 3. The lowest BCUT2D eigenvalue weighted by Crippen LogP contribution is -2.48. The van der Waals surface area contributed by atoms with E-state index in [1.807, 2.05) is 18.6 Å². The Morgan fingerprint density at radius 3 is 2.40 bits per heavy atom. The third-order valence-corrected chi connectivity index (χ3v) is 10.9. The molecule has 0 amide bonds. The summed E-state index contributed by atoms with van der Waals surface area (Å²) in [7, 11) is 0. The zero-order valence-corrected chi connectivity index (χ0v) is 27.4. The number of nitrogens with zero attached hydrogens (tertiary/aromatic N) is 5. The average Bonchev–Trinajstić information content (AvgIpc) is 3.65. The van der Waals surface area contributed by atoms with Gasteiger partial charge in [0.15, 0.2) is 0 Å². The highest BCUT2D eigenvalue weighted by atomic mass is 16.5. The van der Waals surface area contributed by atoms with Crippen molar-refractivity contribution in [3.63, 3.8) is 0 Å². The van der Waals surface area contributed by atoms with Crippen molar-refractivity contribution >= 4 is 38.9 Å². The van der Waals surface area contributed by atoms with Crippen LogP contribution in [0, 0.1) is 11.8 Å². The van der Waals surface area contributed by atoms with E-state index in [1.54, 1.807) is 0 Å². The molecule has 6 heteroatoms. The van der Waals surface area contributed by atoms with Gasteiger partial charge in [-0.1, -0.05) is 57.9 Å². The summed E-state index contributed by atoms with van der Waals surface area (Å²) in [6.07, 6.45) is 12.8. The monoisotopic (exact) mass is 619 g/mol. The molecule has 3 aromatic carbocycles. The fourth-order valence-corrected chi connectivity index (χ4v) is 8.48. The lowest BCUT2D eigenvalue weighted by molar-refractivity contribution is 0.142. The summed E-state index contributed by atoms with van der Waals surface area (Å²) in [6.45, 7) is 7.58. The Morgan fingerprint density at radius 2 is 1.57 bits per heavy atom. The largest absolute Gasteiger partial charge is 0.457 e. The van der Waals surface area contributed by atoms with Gasteiger partial charge < -0.3 is 14.5 Å². The summed E-state index contributed by atoms with van der Waals surface area (Å²) in [5.74, 6) is 4.22. The predicted molar refractivity (Wildman–Crippen MR) is 191 cm³/mol. The predicted octanol–water partition coefficient (Wildman–Crippen LogP) is 10.2. The molecular weight excluding hydrogens is 578 g/mol. The van der Waals surface area contributed by atoms with Gasteiger partial charge in [0.25, 0.3) is 0 Å². The molecule has 3 fully saturated rings. The van der Waals surface area contributed by atoms with Crippen molar-refractivity contribution < 1.29 is 4.74 Å². The zero-order chi connectivity index (χ0) is 31.7. The molecule has 1 atom stereocenters. The highest BCUT2D eigenvalue weighted by Gasteiger charge is 2.42. The van der Waals surface area contributed by atoms with Crippen LogP contribution in [0.4, 0.5) is 17.1 Å². The van der Waals surface area contributed by atoms with Crippen LogP contribution in [0.1, 0.15) is 58.4 Å². The standard InChI is InChI=1S/C41H41N5O/c1-41(2,3)29-17-20-43-40(22-29)46-35-10-5-4-9-33(35)34-16-15-32(24-38(34)46)47-31-8-6-7-30(23-31)44-26-45(36-18-19-42-25-39(36)44)37-21-27-11-13-28(37)14-12-27/h4-10,15-20,22-25,27-28,37H,11-14,21,26H2,1-3H3. The Balaban J connectivity index is 1.06. The second-order valence-electron chi connectivity index (χ2n) is 14.8. The molecule has 6 aromatic rings. The van der Waals surface area contributed by atoms with E-state index in [-0.39, 0.29) is 5.41 Å². The molecule has 4 heterocycles. The van der Waals surface area contributed by atoms with E-state index in [1.165, 1.54) is 59.8 Å². The topological polar surface area (TPSA) is 46.4 Å². The van der Waals surface area contributed by atoms with Gasteiger partial charge in [0.2, 0.25) is 0 Å². The fourth-order valence-electron chi connectivity index (χ4n) is 8.48. The van der Waals surface area contributed by atoms with E-state index >= 15 is 0 Å². The molecule has 47 heavy (non-hydrogen) atoms. The number of benzene rings is 3. The maximum atomic E-state index is 6.63. The second kappa shape index (κ2) is 10.9. The first-order valence-corrected chi connectivity index (χ1v) is 17.2. The molecule has 4 aliphatic rings. The number of hydrogen-bond acceptors (Lipinski definition) is 5. The molecule has 0 saturated heterocycles. The quantitative estimate of drug-likeness (QED) is 0.192. The average molecular weight is 620 g/mol. The number of rotatable bonds is 5. The molecule has 3 aromatic heterocycles. The lowest BCUT2D eigenvalue weighted by atomic mass is 9.67. The van der Waals surface area contributed by atoms with Crippen LogP contribution in [0.2, 0.25) is 0 Å². The lowest BCUT2D eigenvalue weighted by Gasteiger charge is -2.47. The smallest absolute Gasteiger partial charge is 0.137 e. The summed E-state index contributed by atoms with van der Waals surface area (Å²) in [5, 5.41) is 2.39. The van der Waals surface area contributed by atoms with E-state index in [0.717, 1.165) is 52.5 Å². The van der Waals surface area contributed by atoms with Gasteiger partial charge in [-0.15, -0.1) is 0 Å². The highest BCUT2D eigenvalue weighted by Crippen LogP contribution is 2.49. The maximum absolute atomic E-state index is 6.63. The van der Waals surface area contributed by atoms with Crippen LogP contribution in [0.25, 0.3) is 27.6 Å². The minimum Gasteiger partial charge on any atom is -0.457 e. The molecule has 2 bridgehead atoms. The van der Waals surface area contributed by atoms with Crippen LogP contribution in [0.5, 0.6) is 11.5 Å². The molecule has 3 saturated carbocycles.